The van der Waals surface area contributed by atoms with Gasteiger partial charge in [0, 0.05) is 9.92 Å². The Bertz CT molecular complexity index is 1030. The minimum atomic E-state index is -0.304. The monoisotopic (exact) mass is 454 g/mol. The standard InChI is InChI=1S/C24H23ClN2O3S/c1-17(31-21-11-9-20(25)10-12-21)24(28)27-26-15-19-8-13-22(23(14-19)29-2)30-16-18-6-4-3-5-7-18/h3-15,17H,16H2,1-2H3,(H,27,28)/b26-15-/t17-/m1/s1. The number of carbonyl (C=O) groups excluding carboxylic acids is 1. The van der Waals surface area contributed by atoms with E-state index in [4.69, 9.17) is 21.1 Å². The van der Waals surface area contributed by atoms with Gasteiger partial charge in [0.25, 0.3) is 5.91 Å². The molecule has 3 aromatic rings. The molecule has 3 rings (SSSR count). The highest BCUT2D eigenvalue weighted by Crippen LogP contribution is 2.28. The van der Waals surface area contributed by atoms with Crippen LogP contribution in [-0.4, -0.2) is 24.5 Å². The molecule has 160 valence electrons. The van der Waals surface area contributed by atoms with Crippen molar-refractivity contribution in [3.05, 3.63) is 88.9 Å². The van der Waals surface area contributed by atoms with E-state index in [0.29, 0.717) is 23.1 Å². The number of carbonyl (C=O) groups is 1. The number of hydrogen-bond acceptors (Lipinski definition) is 5. The fourth-order valence-corrected chi connectivity index (χ4v) is 3.64. The van der Waals surface area contributed by atoms with Gasteiger partial charge in [0.1, 0.15) is 6.61 Å². The first-order chi connectivity index (χ1) is 15.0. The molecule has 0 unspecified atom stereocenters. The van der Waals surface area contributed by atoms with Crippen LogP contribution in [0.25, 0.3) is 0 Å². The maximum Gasteiger partial charge on any atom is 0.253 e. The third-order valence-electron chi connectivity index (χ3n) is 4.31. The molecule has 0 fully saturated rings. The highest BCUT2D eigenvalue weighted by Gasteiger charge is 2.13. The number of methoxy groups -OCH3 is 1. The SMILES string of the molecule is COc1cc(/C=N\NC(=O)[C@@H](C)Sc2ccc(Cl)cc2)ccc1OCc1ccccc1. The second-order valence-corrected chi connectivity index (χ2v) is 8.48. The van der Waals surface area contributed by atoms with Crippen LogP contribution in [0.3, 0.4) is 0 Å². The molecule has 3 aromatic carbocycles. The number of rotatable bonds is 9. The first kappa shape index (κ1) is 22.7. The van der Waals surface area contributed by atoms with Crippen molar-refractivity contribution in [3.8, 4) is 11.5 Å². The molecule has 1 atom stereocenters. The average Bonchev–Trinajstić information content (AvgIpc) is 2.80. The molecule has 0 bridgehead atoms. The van der Waals surface area contributed by atoms with Gasteiger partial charge >= 0.3 is 0 Å². The Morgan fingerprint density at radius 3 is 2.55 bits per heavy atom. The molecular formula is C24H23ClN2O3S. The Balaban J connectivity index is 1.54. The topological polar surface area (TPSA) is 59.9 Å². The highest BCUT2D eigenvalue weighted by molar-refractivity contribution is 8.00. The van der Waals surface area contributed by atoms with Crippen LogP contribution >= 0.6 is 23.4 Å². The predicted molar refractivity (Wildman–Crippen MR) is 126 cm³/mol. The molecule has 1 amide bonds. The molecule has 7 heteroatoms. The lowest BCUT2D eigenvalue weighted by Crippen LogP contribution is -2.26. The van der Waals surface area contributed by atoms with Gasteiger partial charge in [0.15, 0.2) is 11.5 Å². The minimum absolute atomic E-state index is 0.189. The van der Waals surface area contributed by atoms with Gasteiger partial charge in [0.2, 0.25) is 0 Å². The number of nitrogens with zero attached hydrogens (tertiary/aromatic N) is 1. The molecule has 5 nitrogen and oxygen atoms in total. The van der Waals surface area contributed by atoms with Gasteiger partial charge in [-0.2, -0.15) is 5.10 Å². The summed E-state index contributed by atoms with van der Waals surface area (Å²) in [5, 5.41) is 4.42. The smallest absolute Gasteiger partial charge is 0.253 e. The summed E-state index contributed by atoms with van der Waals surface area (Å²) in [7, 11) is 1.59. The zero-order chi connectivity index (χ0) is 22.1. The fourth-order valence-electron chi connectivity index (χ4n) is 2.65. The van der Waals surface area contributed by atoms with Crippen LogP contribution in [0.15, 0.2) is 82.8 Å². The number of ether oxygens (including phenoxy) is 2. The Kier molecular flexibility index (Phi) is 8.38. The minimum Gasteiger partial charge on any atom is -0.493 e. The molecular weight excluding hydrogens is 432 g/mol. The Morgan fingerprint density at radius 2 is 1.84 bits per heavy atom. The van der Waals surface area contributed by atoms with Gasteiger partial charge in [-0.25, -0.2) is 5.43 Å². The van der Waals surface area contributed by atoms with Crippen LogP contribution in [0.4, 0.5) is 0 Å². The Labute approximate surface area is 191 Å². The van der Waals surface area contributed by atoms with Crippen molar-refractivity contribution in [2.45, 2.75) is 23.7 Å². The molecule has 0 aliphatic heterocycles. The Hall–Kier alpha value is -2.96. The average molecular weight is 455 g/mol. The second kappa shape index (κ2) is 11.4. The van der Waals surface area contributed by atoms with Crippen molar-refractivity contribution in [2.75, 3.05) is 7.11 Å². The molecule has 31 heavy (non-hydrogen) atoms. The van der Waals surface area contributed by atoms with E-state index < -0.39 is 0 Å². The number of thioether (sulfide) groups is 1. The van der Waals surface area contributed by atoms with Gasteiger partial charge in [-0.05, 0) is 60.5 Å². The van der Waals surface area contributed by atoms with Crippen LogP contribution in [-0.2, 0) is 11.4 Å². The summed E-state index contributed by atoms with van der Waals surface area (Å²) in [4.78, 5) is 13.2. The number of hydrogen-bond donors (Lipinski definition) is 1. The molecule has 0 aliphatic rings. The fraction of sp³-hybridized carbons (Fsp3) is 0.167. The van der Waals surface area contributed by atoms with Crippen molar-refractivity contribution in [2.24, 2.45) is 5.10 Å². The van der Waals surface area contributed by atoms with Crippen molar-refractivity contribution >= 4 is 35.5 Å². The van der Waals surface area contributed by atoms with Gasteiger partial charge in [-0.3, -0.25) is 4.79 Å². The van der Waals surface area contributed by atoms with Crippen molar-refractivity contribution in [3.63, 3.8) is 0 Å². The molecule has 0 saturated heterocycles. The summed E-state index contributed by atoms with van der Waals surface area (Å²) in [5.41, 5.74) is 4.43. The van der Waals surface area contributed by atoms with Crippen LogP contribution in [0.2, 0.25) is 5.02 Å². The van der Waals surface area contributed by atoms with Crippen molar-refractivity contribution in [1.82, 2.24) is 5.43 Å². The lowest BCUT2D eigenvalue weighted by molar-refractivity contribution is -0.120. The predicted octanol–water partition coefficient (Wildman–Crippen LogP) is 5.56. The van der Waals surface area contributed by atoms with Gasteiger partial charge < -0.3 is 9.47 Å². The number of halogens is 1. The summed E-state index contributed by atoms with van der Waals surface area (Å²) in [6.07, 6.45) is 1.57. The third-order valence-corrected chi connectivity index (χ3v) is 5.67. The van der Waals surface area contributed by atoms with E-state index in [1.165, 1.54) is 11.8 Å². The summed E-state index contributed by atoms with van der Waals surface area (Å²) in [6.45, 7) is 2.27. The quantitative estimate of drug-likeness (QED) is 0.261. The van der Waals surface area contributed by atoms with E-state index in [-0.39, 0.29) is 11.2 Å². The lowest BCUT2D eigenvalue weighted by atomic mass is 10.2. The zero-order valence-electron chi connectivity index (χ0n) is 17.2. The summed E-state index contributed by atoms with van der Waals surface area (Å²) in [6, 6.07) is 22.8. The number of nitrogens with one attached hydrogen (secondary N) is 1. The molecule has 1 N–H and O–H groups in total. The van der Waals surface area contributed by atoms with E-state index in [9.17, 15) is 4.79 Å². The molecule has 0 aliphatic carbocycles. The van der Waals surface area contributed by atoms with Gasteiger partial charge in [-0.1, -0.05) is 41.9 Å². The maximum atomic E-state index is 12.3. The van der Waals surface area contributed by atoms with Crippen molar-refractivity contribution < 1.29 is 14.3 Å². The summed E-state index contributed by atoms with van der Waals surface area (Å²) < 4.78 is 11.3. The number of amides is 1. The van der Waals surface area contributed by atoms with E-state index in [0.717, 1.165) is 16.0 Å². The van der Waals surface area contributed by atoms with Crippen LogP contribution in [0.1, 0.15) is 18.1 Å². The highest BCUT2D eigenvalue weighted by atomic mass is 35.5. The first-order valence-electron chi connectivity index (χ1n) is 9.65. The van der Waals surface area contributed by atoms with Gasteiger partial charge in [0.05, 0.1) is 18.6 Å². The number of hydrazone groups is 1. The normalized spacial score (nSPS) is 11.8. The van der Waals surface area contributed by atoms with Crippen LogP contribution in [0.5, 0.6) is 11.5 Å². The second-order valence-electron chi connectivity index (χ2n) is 6.63. The third kappa shape index (κ3) is 7.05. The molecule has 0 aromatic heterocycles. The van der Waals surface area contributed by atoms with Crippen LogP contribution < -0.4 is 14.9 Å². The molecule has 0 heterocycles. The first-order valence-corrected chi connectivity index (χ1v) is 10.9. The number of benzene rings is 3. The van der Waals surface area contributed by atoms with E-state index in [2.05, 4.69) is 10.5 Å². The zero-order valence-corrected chi connectivity index (χ0v) is 18.8. The molecule has 0 radical (unpaired) electrons. The summed E-state index contributed by atoms with van der Waals surface area (Å²) in [5.74, 6) is 1.05. The van der Waals surface area contributed by atoms with E-state index in [1.54, 1.807) is 25.5 Å². The molecule has 0 spiro atoms. The van der Waals surface area contributed by atoms with E-state index in [1.807, 2.05) is 67.6 Å². The summed E-state index contributed by atoms with van der Waals surface area (Å²) >= 11 is 7.33. The van der Waals surface area contributed by atoms with Crippen molar-refractivity contribution in [1.29, 1.82) is 0 Å². The van der Waals surface area contributed by atoms with Crippen LogP contribution in [0, 0.1) is 0 Å². The van der Waals surface area contributed by atoms with E-state index >= 15 is 0 Å². The largest absolute Gasteiger partial charge is 0.493 e. The van der Waals surface area contributed by atoms with Gasteiger partial charge in [-0.15, -0.1) is 11.8 Å². The Morgan fingerprint density at radius 1 is 1.10 bits per heavy atom. The molecule has 0 saturated carbocycles. The lowest BCUT2D eigenvalue weighted by Gasteiger charge is -2.11. The maximum absolute atomic E-state index is 12.3.